The van der Waals surface area contributed by atoms with Gasteiger partial charge in [-0.15, -0.1) is 0 Å². The minimum atomic E-state index is 0.220. The summed E-state index contributed by atoms with van der Waals surface area (Å²) in [5.41, 5.74) is 0.220. The van der Waals surface area contributed by atoms with Crippen molar-refractivity contribution in [2.75, 3.05) is 7.05 Å². The topological polar surface area (TPSA) is 3.24 Å². The highest BCUT2D eigenvalue weighted by Gasteiger charge is 2.11. The molecule has 1 nitrogen and oxygen atoms in total. The van der Waals surface area contributed by atoms with E-state index in [1.807, 2.05) is 25.2 Å². The van der Waals surface area contributed by atoms with Crippen molar-refractivity contribution in [1.82, 2.24) is 4.90 Å². The Morgan fingerprint density at radius 2 is 1.64 bits per heavy atom. The molecule has 0 aliphatic rings. The van der Waals surface area contributed by atoms with E-state index in [9.17, 15) is 0 Å². The van der Waals surface area contributed by atoms with Gasteiger partial charge in [0.15, 0.2) is 0 Å². The molecular formula is C10H19N. The Kier molecular flexibility index (Phi) is 3.94. The average Bonchev–Trinajstić information content (AvgIpc) is 1.86. The van der Waals surface area contributed by atoms with Crippen LogP contribution in [0.15, 0.2) is 24.4 Å². The predicted octanol–water partition coefficient (Wildman–Crippen LogP) is 2.81. The highest BCUT2D eigenvalue weighted by Crippen LogP contribution is 2.09. The van der Waals surface area contributed by atoms with E-state index in [4.69, 9.17) is 0 Å². The van der Waals surface area contributed by atoms with Gasteiger partial charge in [-0.1, -0.05) is 12.2 Å². The van der Waals surface area contributed by atoms with Crippen LogP contribution in [0, 0.1) is 0 Å². The van der Waals surface area contributed by atoms with Crippen LogP contribution in [0.1, 0.15) is 27.7 Å². The maximum absolute atomic E-state index is 2.19. The van der Waals surface area contributed by atoms with Crippen LogP contribution in [0.2, 0.25) is 0 Å². The first-order valence-electron chi connectivity index (χ1n) is 4.01. The molecule has 0 spiro atoms. The minimum Gasteiger partial charge on any atom is -0.376 e. The molecule has 0 aromatic heterocycles. The standard InChI is InChI=1S/C10H19N/c1-6-7-8-9-11(5)10(2,3)4/h6-9H,1-5H3. The molecule has 0 amide bonds. The Morgan fingerprint density at radius 3 is 2.00 bits per heavy atom. The summed E-state index contributed by atoms with van der Waals surface area (Å²) in [6.07, 6.45) is 8.18. The van der Waals surface area contributed by atoms with Gasteiger partial charge in [0.2, 0.25) is 0 Å². The van der Waals surface area contributed by atoms with E-state index in [-0.39, 0.29) is 5.54 Å². The maximum Gasteiger partial charge on any atom is 0.0309 e. The Hall–Kier alpha value is -0.720. The van der Waals surface area contributed by atoms with Crippen molar-refractivity contribution in [2.45, 2.75) is 33.2 Å². The molecule has 11 heavy (non-hydrogen) atoms. The monoisotopic (exact) mass is 153 g/mol. The van der Waals surface area contributed by atoms with Gasteiger partial charge >= 0.3 is 0 Å². The molecule has 1 heteroatoms. The number of allylic oxidation sites excluding steroid dienone is 3. The summed E-state index contributed by atoms with van der Waals surface area (Å²) in [4.78, 5) is 2.19. The van der Waals surface area contributed by atoms with Gasteiger partial charge in [-0.25, -0.2) is 0 Å². The number of rotatable bonds is 2. The van der Waals surface area contributed by atoms with E-state index in [0.29, 0.717) is 0 Å². The van der Waals surface area contributed by atoms with E-state index < -0.39 is 0 Å². The van der Waals surface area contributed by atoms with Crippen LogP contribution in [0.4, 0.5) is 0 Å². The van der Waals surface area contributed by atoms with Crippen LogP contribution in [0.3, 0.4) is 0 Å². The lowest BCUT2D eigenvalue weighted by molar-refractivity contribution is 0.250. The fraction of sp³-hybridized carbons (Fsp3) is 0.600. The first-order valence-corrected chi connectivity index (χ1v) is 4.01. The molecule has 0 atom stereocenters. The van der Waals surface area contributed by atoms with Crippen LogP contribution in [0.25, 0.3) is 0 Å². The number of nitrogens with zero attached hydrogens (tertiary/aromatic N) is 1. The largest absolute Gasteiger partial charge is 0.376 e. The zero-order valence-corrected chi connectivity index (χ0v) is 8.26. The summed E-state index contributed by atoms with van der Waals surface area (Å²) < 4.78 is 0. The molecule has 64 valence electrons. The van der Waals surface area contributed by atoms with Crippen LogP contribution < -0.4 is 0 Å². The zero-order valence-electron chi connectivity index (χ0n) is 8.26. The van der Waals surface area contributed by atoms with Gasteiger partial charge in [0.1, 0.15) is 0 Å². The second kappa shape index (κ2) is 4.22. The molecule has 0 rings (SSSR count). The molecule has 0 radical (unpaired) electrons. The molecule has 0 saturated carbocycles. The lowest BCUT2D eigenvalue weighted by Crippen LogP contribution is -2.33. The van der Waals surface area contributed by atoms with Crippen molar-refractivity contribution in [1.29, 1.82) is 0 Å². The third-order valence-electron chi connectivity index (χ3n) is 1.67. The molecule has 0 N–H and O–H groups in total. The summed E-state index contributed by atoms with van der Waals surface area (Å²) in [6.45, 7) is 8.58. The number of hydrogen-bond acceptors (Lipinski definition) is 1. The third kappa shape index (κ3) is 4.65. The molecule has 0 bridgehead atoms. The van der Waals surface area contributed by atoms with Crippen molar-refractivity contribution >= 4 is 0 Å². The fourth-order valence-electron chi connectivity index (χ4n) is 0.514. The van der Waals surface area contributed by atoms with Crippen molar-refractivity contribution in [3.63, 3.8) is 0 Å². The van der Waals surface area contributed by atoms with Crippen molar-refractivity contribution in [2.24, 2.45) is 0 Å². The van der Waals surface area contributed by atoms with Crippen LogP contribution >= 0.6 is 0 Å². The van der Waals surface area contributed by atoms with Gasteiger partial charge in [0.25, 0.3) is 0 Å². The third-order valence-corrected chi connectivity index (χ3v) is 1.67. The summed E-state index contributed by atoms with van der Waals surface area (Å²) in [7, 11) is 2.08. The maximum atomic E-state index is 2.19. The fourth-order valence-corrected chi connectivity index (χ4v) is 0.514. The molecule has 0 saturated heterocycles. The minimum absolute atomic E-state index is 0.220. The first kappa shape index (κ1) is 10.3. The highest BCUT2D eigenvalue weighted by atomic mass is 15.1. The molecule has 0 fully saturated rings. The number of hydrogen-bond donors (Lipinski definition) is 0. The van der Waals surface area contributed by atoms with E-state index in [2.05, 4.69) is 38.9 Å². The Bertz CT molecular complexity index is 149. The van der Waals surface area contributed by atoms with Gasteiger partial charge in [0, 0.05) is 12.6 Å². The zero-order chi connectivity index (χ0) is 8.91. The van der Waals surface area contributed by atoms with E-state index in [0.717, 1.165) is 0 Å². The quantitative estimate of drug-likeness (QED) is 0.551. The summed E-state index contributed by atoms with van der Waals surface area (Å²) in [5.74, 6) is 0. The van der Waals surface area contributed by atoms with E-state index >= 15 is 0 Å². The van der Waals surface area contributed by atoms with Gasteiger partial charge in [-0.05, 0) is 40.0 Å². The predicted molar refractivity (Wildman–Crippen MR) is 51.5 cm³/mol. The lowest BCUT2D eigenvalue weighted by atomic mass is 10.1. The van der Waals surface area contributed by atoms with Gasteiger partial charge in [-0.2, -0.15) is 0 Å². The van der Waals surface area contributed by atoms with E-state index in [1.165, 1.54) is 0 Å². The molecular weight excluding hydrogens is 134 g/mol. The summed E-state index contributed by atoms with van der Waals surface area (Å²) in [5, 5.41) is 0. The second-order valence-corrected chi connectivity index (χ2v) is 3.65. The first-order chi connectivity index (χ1) is 4.98. The molecule has 0 aliphatic carbocycles. The SMILES string of the molecule is CC=CC=CN(C)C(C)(C)C. The Labute approximate surface area is 70.4 Å². The van der Waals surface area contributed by atoms with Crippen molar-refractivity contribution < 1.29 is 0 Å². The summed E-state index contributed by atoms with van der Waals surface area (Å²) in [6, 6.07) is 0. The molecule has 0 aliphatic heterocycles. The molecule has 0 heterocycles. The van der Waals surface area contributed by atoms with Crippen molar-refractivity contribution in [3.05, 3.63) is 24.4 Å². The van der Waals surface area contributed by atoms with Gasteiger partial charge in [-0.3, -0.25) is 0 Å². The highest BCUT2D eigenvalue weighted by molar-refractivity contribution is 5.01. The normalized spacial score (nSPS) is 13.2. The molecule has 0 aromatic rings. The van der Waals surface area contributed by atoms with Crippen LogP contribution in [-0.2, 0) is 0 Å². The lowest BCUT2D eigenvalue weighted by Gasteiger charge is -2.30. The second-order valence-electron chi connectivity index (χ2n) is 3.65. The Balaban J connectivity index is 3.96. The van der Waals surface area contributed by atoms with E-state index in [1.54, 1.807) is 0 Å². The van der Waals surface area contributed by atoms with Gasteiger partial charge in [0.05, 0.1) is 0 Å². The van der Waals surface area contributed by atoms with Gasteiger partial charge < -0.3 is 4.90 Å². The molecule has 0 aromatic carbocycles. The van der Waals surface area contributed by atoms with Crippen molar-refractivity contribution in [3.8, 4) is 0 Å². The smallest absolute Gasteiger partial charge is 0.0309 e. The molecule has 0 unspecified atom stereocenters. The Morgan fingerprint density at radius 1 is 1.09 bits per heavy atom. The summed E-state index contributed by atoms with van der Waals surface area (Å²) >= 11 is 0. The average molecular weight is 153 g/mol. The van der Waals surface area contributed by atoms with Crippen LogP contribution in [0.5, 0.6) is 0 Å². The van der Waals surface area contributed by atoms with Crippen LogP contribution in [-0.4, -0.2) is 17.5 Å².